The van der Waals surface area contributed by atoms with Gasteiger partial charge in [0.25, 0.3) is 0 Å². The second-order valence-electron chi connectivity index (χ2n) is 4.19. The van der Waals surface area contributed by atoms with Crippen LogP contribution in [0.2, 0.25) is 0 Å². The summed E-state index contributed by atoms with van der Waals surface area (Å²) in [4.78, 5) is 7.40. The van der Waals surface area contributed by atoms with E-state index in [4.69, 9.17) is 9.47 Å². The van der Waals surface area contributed by atoms with Crippen LogP contribution in [0.1, 0.15) is 11.3 Å². The minimum atomic E-state index is 0.324. The molecule has 0 saturated carbocycles. The van der Waals surface area contributed by atoms with Gasteiger partial charge >= 0.3 is 0 Å². The molecule has 0 saturated heterocycles. The lowest BCUT2D eigenvalue weighted by molar-refractivity contribution is 0.174. The van der Waals surface area contributed by atoms with E-state index in [0.717, 1.165) is 36.0 Å². The maximum Gasteiger partial charge on any atom is 0.231 e. The lowest BCUT2D eigenvalue weighted by Gasteiger charge is -2.02. The van der Waals surface area contributed by atoms with Gasteiger partial charge in [0.05, 0.1) is 6.20 Å². The molecule has 2 N–H and O–H groups in total. The second kappa shape index (κ2) is 4.60. The number of fused-ring (bicyclic) bond motifs is 1. The Kier molecular flexibility index (Phi) is 2.80. The van der Waals surface area contributed by atoms with Crippen molar-refractivity contribution < 1.29 is 9.47 Å². The van der Waals surface area contributed by atoms with Gasteiger partial charge in [0.2, 0.25) is 6.79 Å². The summed E-state index contributed by atoms with van der Waals surface area (Å²) in [5.41, 5.74) is 2.36. The molecule has 0 unspecified atom stereocenters. The third-order valence-corrected chi connectivity index (χ3v) is 2.99. The van der Waals surface area contributed by atoms with Crippen molar-refractivity contribution in [2.24, 2.45) is 0 Å². The number of H-pyrrole nitrogens is 1. The molecule has 2 heterocycles. The van der Waals surface area contributed by atoms with Crippen LogP contribution in [0.5, 0.6) is 11.5 Å². The van der Waals surface area contributed by atoms with E-state index in [1.54, 1.807) is 0 Å². The number of hydrogen-bond donors (Lipinski definition) is 2. The number of aromatic nitrogens is 2. The number of nitrogens with zero attached hydrogens (tertiary/aromatic N) is 1. The van der Waals surface area contributed by atoms with Gasteiger partial charge < -0.3 is 19.8 Å². The first-order valence-electron chi connectivity index (χ1n) is 5.95. The average molecular weight is 245 g/mol. The van der Waals surface area contributed by atoms with Crippen LogP contribution in [-0.2, 0) is 12.8 Å². The third-order valence-electron chi connectivity index (χ3n) is 2.99. The Balaban J connectivity index is 1.66. The number of aromatic amines is 1. The van der Waals surface area contributed by atoms with Crippen LogP contribution in [0, 0.1) is 0 Å². The molecule has 0 fully saturated rings. The summed E-state index contributed by atoms with van der Waals surface area (Å²) in [6.45, 7) is 0.324. The summed E-state index contributed by atoms with van der Waals surface area (Å²) in [5, 5.41) is 2.98. The summed E-state index contributed by atoms with van der Waals surface area (Å²) >= 11 is 0. The van der Waals surface area contributed by atoms with Gasteiger partial charge in [-0.15, -0.1) is 0 Å². The normalized spacial score (nSPS) is 12.7. The summed E-state index contributed by atoms with van der Waals surface area (Å²) in [5.74, 6) is 2.47. The van der Waals surface area contributed by atoms with E-state index < -0.39 is 0 Å². The predicted octanol–water partition coefficient (Wildman–Crippen LogP) is 1.97. The van der Waals surface area contributed by atoms with E-state index in [1.807, 2.05) is 25.4 Å². The minimum absolute atomic E-state index is 0.324. The molecule has 1 aliphatic rings. The van der Waals surface area contributed by atoms with Crippen LogP contribution in [0.25, 0.3) is 0 Å². The number of ether oxygens (including phenoxy) is 2. The smallest absolute Gasteiger partial charge is 0.231 e. The van der Waals surface area contributed by atoms with Crippen molar-refractivity contribution in [2.45, 2.75) is 12.8 Å². The van der Waals surface area contributed by atoms with Crippen molar-refractivity contribution in [3.63, 3.8) is 0 Å². The molecule has 0 spiro atoms. The molecule has 5 heteroatoms. The van der Waals surface area contributed by atoms with Crippen molar-refractivity contribution >= 4 is 5.95 Å². The number of benzene rings is 1. The molecule has 18 heavy (non-hydrogen) atoms. The molecule has 94 valence electrons. The van der Waals surface area contributed by atoms with Gasteiger partial charge in [-0.25, -0.2) is 4.98 Å². The summed E-state index contributed by atoms with van der Waals surface area (Å²) < 4.78 is 10.6. The fourth-order valence-corrected chi connectivity index (χ4v) is 1.99. The van der Waals surface area contributed by atoms with Crippen molar-refractivity contribution in [1.29, 1.82) is 0 Å². The van der Waals surface area contributed by atoms with Crippen molar-refractivity contribution in [3.05, 3.63) is 35.7 Å². The highest BCUT2D eigenvalue weighted by Crippen LogP contribution is 2.32. The Morgan fingerprint density at radius 3 is 3.00 bits per heavy atom. The topological polar surface area (TPSA) is 59.2 Å². The number of nitrogens with one attached hydrogen (secondary N) is 2. The molecule has 1 aromatic heterocycles. The maximum absolute atomic E-state index is 5.36. The Morgan fingerprint density at radius 1 is 1.28 bits per heavy atom. The first-order valence-corrected chi connectivity index (χ1v) is 5.95. The number of rotatable bonds is 4. The molecule has 0 bridgehead atoms. The van der Waals surface area contributed by atoms with Crippen LogP contribution in [0.15, 0.2) is 24.4 Å². The van der Waals surface area contributed by atoms with E-state index in [-0.39, 0.29) is 0 Å². The monoisotopic (exact) mass is 245 g/mol. The second-order valence-corrected chi connectivity index (χ2v) is 4.19. The molecular weight excluding hydrogens is 230 g/mol. The standard InChI is InChI=1S/C13H15N3O2/c1-14-13-15-7-10(16-13)4-2-9-3-5-11-12(6-9)18-8-17-11/h3,5-7H,2,4,8H2,1H3,(H2,14,15,16). The van der Waals surface area contributed by atoms with Crippen molar-refractivity contribution in [1.82, 2.24) is 9.97 Å². The summed E-state index contributed by atoms with van der Waals surface area (Å²) in [6.07, 6.45) is 3.73. The highest BCUT2D eigenvalue weighted by atomic mass is 16.7. The molecule has 0 amide bonds. The van der Waals surface area contributed by atoms with Gasteiger partial charge in [-0.05, 0) is 30.5 Å². The van der Waals surface area contributed by atoms with Gasteiger partial charge in [0.1, 0.15) is 0 Å². The Hall–Kier alpha value is -2.17. The van der Waals surface area contributed by atoms with Crippen molar-refractivity contribution in [3.8, 4) is 11.5 Å². The van der Waals surface area contributed by atoms with E-state index in [1.165, 1.54) is 5.56 Å². The zero-order chi connectivity index (χ0) is 12.4. The van der Waals surface area contributed by atoms with E-state index in [2.05, 4.69) is 21.4 Å². The van der Waals surface area contributed by atoms with Crippen LogP contribution in [0.3, 0.4) is 0 Å². The zero-order valence-electron chi connectivity index (χ0n) is 10.2. The van der Waals surface area contributed by atoms with Crippen LogP contribution < -0.4 is 14.8 Å². The van der Waals surface area contributed by atoms with Gasteiger partial charge in [-0.1, -0.05) is 6.07 Å². The fraction of sp³-hybridized carbons (Fsp3) is 0.308. The molecule has 0 radical (unpaired) electrons. The molecular formula is C13H15N3O2. The van der Waals surface area contributed by atoms with Crippen LogP contribution in [-0.4, -0.2) is 23.8 Å². The number of imidazole rings is 1. The highest BCUT2D eigenvalue weighted by molar-refractivity contribution is 5.44. The van der Waals surface area contributed by atoms with Crippen molar-refractivity contribution in [2.75, 3.05) is 19.2 Å². The van der Waals surface area contributed by atoms with E-state index in [0.29, 0.717) is 6.79 Å². The first-order chi connectivity index (χ1) is 8.85. The number of hydrogen-bond acceptors (Lipinski definition) is 4. The summed E-state index contributed by atoms with van der Waals surface area (Å²) in [7, 11) is 1.85. The molecule has 3 rings (SSSR count). The van der Waals surface area contributed by atoms with Crippen LogP contribution >= 0.6 is 0 Å². The predicted molar refractivity (Wildman–Crippen MR) is 68.1 cm³/mol. The molecule has 1 aliphatic heterocycles. The quantitative estimate of drug-likeness (QED) is 0.864. The fourth-order valence-electron chi connectivity index (χ4n) is 1.99. The molecule has 0 aliphatic carbocycles. The highest BCUT2D eigenvalue weighted by Gasteiger charge is 2.13. The van der Waals surface area contributed by atoms with Gasteiger partial charge in [-0.3, -0.25) is 0 Å². The molecule has 5 nitrogen and oxygen atoms in total. The SMILES string of the molecule is CNc1ncc(CCc2ccc3c(c2)OCO3)[nH]1. The van der Waals surface area contributed by atoms with Gasteiger partial charge in [-0.2, -0.15) is 0 Å². The molecule has 1 aromatic carbocycles. The Labute approximate surface area is 105 Å². The Morgan fingerprint density at radius 2 is 2.17 bits per heavy atom. The van der Waals surface area contributed by atoms with E-state index >= 15 is 0 Å². The van der Waals surface area contributed by atoms with Crippen LogP contribution in [0.4, 0.5) is 5.95 Å². The third kappa shape index (κ3) is 2.11. The maximum atomic E-state index is 5.36. The summed E-state index contributed by atoms with van der Waals surface area (Å²) in [6, 6.07) is 6.07. The molecule has 2 aromatic rings. The number of anilines is 1. The lowest BCUT2D eigenvalue weighted by Crippen LogP contribution is -1.94. The zero-order valence-corrected chi connectivity index (χ0v) is 10.2. The first kappa shape index (κ1) is 11.0. The average Bonchev–Trinajstić information content (AvgIpc) is 3.04. The van der Waals surface area contributed by atoms with Gasteiger partial charge in [0.15, 0.2) is 17.4 Å². The van der Waals surface area contributed by atoms with Gasteiger partial charge in [0, 0.05) is 12.7 Å². The number of aryl methyl sites for hydroxylation is 2. The van der Waals surface area contributed by atoms with E-state index in [9.17, 15) is 0 Å². The Bertz CT molecular complexity index is 551. The molecule has 0 atom stereocenters. The lowest BCUT2D eigenvalue weighted by atomic mass is 10.1. The largest absolute Gasteiger partial charge is 0.454 e. The minimum Gasteiger partial charge on any atom is -0.454 e.